The normalized spacial score (nSPS) is 20.9. The number of carbonyl (C=O) groups is 2. The quantitative estimate of drug-likeness (QED) is 0.404. The maximum atomic E-state index is 13.3. The monoisotopic (exact) mass is 571 g/mol. The number of halogens is 3. The minimum Gasteiger partial charge on any atom is -0.406 e. The Morgan fingerprint density at radius 2 is 1.90 bits per heavy atom. The van der Waals surface area contributed by atoms with Crippen molar-refractivity contribution in [1.29, 1.82) is 0 Å². The van der Waals surface area contributed by atoms with Gasteiger partial charge >= 0.3 is 6.36 Å². The second-order valence-electron chi connectivity index (χ2n) is 10.4. The van der Waals surface area contributed by atoms with Crippen LogP contribution in [0.3, 0.4) is 0 Å². The lowest BCUT2D eigenvalue weighted by atomic mass is 10.1. The zero-order valence-electron chi connectivity index (χ0n) is 22.0. The summed E-state index contributed by atoms with van der Waals surface area (Å²) in [7, 11) is 0.166. The van der Waals surface area contributed by atoms with E-state index in [9.17, 15) is 31.2 Å². The zero-order valence-corrected chi connectivity index (χ0v) is 22.8. The first-order valence-corrected chi connectivity index (χ1v) is 14.5. The number of nitrogens with zero attached hydrogens (tertiary/aromatic N) is 5. The van der Waals surface area contributed by atoms with Gasteiger partial charge in [0.15, 0.2) is 0 Å². The number of likely N-dealkylation sites (N-methyl/N-ethyl adjacent to an activating group) is 1. The molecule has 0 bridgehead atoms. The summed E-state index contributed by atoms with van der Waals surface area (Å²) in [6.07, 6.45) is -0.575. The molecule has 1 saturated heterocycles. The van der Waals surface area contributed by atoms with Crippen molar-refractivity contribution in [1.82, 2.24) is 24.3 Å². The van der Waals surface area contributed by atoms with Crippen LogP contribution in [0.5, 0.6) is 5.75 Å². The maximum absolute atomic E-state index is 13.3. The smallest absolute Gasteiger partial charge is 0.406 e. The molecule has 2 heterocycles. The van der Waals surface area contributed by atoms with Crippen molar-refractivity contribution >= 4 is 21.7 Å². The van der Waals surface area contributed by atoms with Crippen molar-refractivity contribution < 1.29 is 35.9 Å². The number of hydrogen-bond donors (Lipinski definition) is 0. The molecule has 4 rings (SSSR count). The Morgan fingerprint density at radius 1 is 1.21 bits per heavy atom. The third kappa shape index (κ3) is 7.94. The van der Waals surface area contributed by atoms with Gasteiger partial charge in [-0.3, -0.25) is 14.5 Å². The van der Waals surface area contributed by atoms with Crippen LogP contribution >= 0.6 is 0 Å². The summed E-state index contributed by atoms with van der Waals surface area (Å²) in [5.74, 6) is -0.131. The van der Waals surface area contributed by atoms with E-state index in [0.29, 0.717) is 25.2 Å². The number of benzene rings is 1. The molecule has 1 aliphatic carbocycles. The van der Waals surface area contributed by atoms with Gasteiger partial charge in [-0.05, 0) is 35.4 Å². The van der Waals surface area contributed by atoms with E-state index in [1.54, 1.807) is 35.8 Å². The summed E-state index contributed by atoms with van der Waals surface area (Å²) in [5, 5.41) is 0. The fraction of sp³-hybridized carbons (Fsp3) is 0.560. The first-order valence-electron chi connectivity index (χ1n) is 12.4. The SMILES string of the molecule is CN(CCS(C)(=O)=O)C(=O)CN1CC2C(C1)C2CN(Cc1cccc(OC(F)(F)F)c1)C(=O)c1cn(C)cn1. The fourth-order valence-corrected chi connectivity index (χ4v) is 5.70. The van der Waals surface area contributed by atoms with Gasteiger partial charge in [0.1, 0.15) is 21.3 Å². The Balaban J connectivity index is 1.37. The number of sulfone groups is 1. The van der Waals surface area contributed by atoms with E-state index in [1.165, 1.54) is 29.4 Å². The Bertz CT molecular complexity index is 1300. The predicted octanol–water partition coefficient (Wildman–Crippen LogP) is 1.64. The number of carbonyl (C=O) groups excluding carboxylic acids is 2. The average molecular weight is 572 g/mol. The summed E-state index contributed by atoms with van der Waals surface area (Å²) in [5.41, 5.74) is 0.742. The lowest BCUT2D eigenvalue weighted by molar-refractivity contribution is -0.274. The van der Waals surface area contributed by atoms with Crippen LogP contribution in [0.4, 0.5) is 13.2 Å². The van der Waals surface area contributed by atoms with Gasteiger partial charge in [0, 0.05) is 59.3 Å². The first kappa shape index (κ1) is 28.9. The molecule has 39 heavy (non-hydrogen) atoms. The Kier molecular flexibility index (Phi) is 8.26. The molecule has 0 N–H and O–H groups in total. The number of likely N-dealkylation sites (tertiary alicyclic amines) is 1. The molecule has 2 amide bonds. The Labute approximate surface area is 225 Å². The van der Waals surface area contributed by atoms with Gasteiger partial charge in [-0.2, -0.15) is 0 Å². The van der Waals surface area contributed by atoms with Crippen molar-refractivity contribution in [3.05, 3.63) is 48.0 Å². The van der Waals surface area contributed by atoms with E-state index < -0.39 is 16.2 Å². The van der Waals surface area contributed by atoms with Crippen LogP contribution in [0.25, 0.3) is 0 Å². The number of fused-ring (bicyclic) bond motifs is 1. The average Bonchev–Trinajstić information content (AvgIpc) is 3.14. The van der Waals surface area contributed by atoms with Gasteiger partial charge in [-0.15, -0.1) is 13.2 Å². The van der Waals surface area contributed by atoms with Crippen LogP contribution in [0, 0.1) is 17.8 Å². The summed E-state index contributed by atoms with van der Waals surface area (Å²) in [6, 6.07) is 5.58. The molecule has 214 valence electrons. The van der Waals surface area contributed by atoms with E-state index in [1.807, 2.05) is 4.90 Å². The van der Waals surface area contributed by atoms with Crippen LogP contribution in [0.1, 0.15) is 16.1 Å². The van der Waals surface area contributed by atoms with Crippen LogP contribution < -0.4 is 4.74 Å². The highest BCUT2D eigenvalue weighted by atomic mass is 32.2. The number of hydrogen-bond acceptors (Lipinski definition) is 7. The number of imidazole rings is 1. The van der Waals surface area contributed by atoms with Crippen LogP contribution in [-0.4, -0.2) is 103 Å². The van der Waals surface area contributed by atoms with Crippen LogP contribution in [0.15, 0.2) is 36.8 Å². The van der Waals surface area contributed by atoms with E-state index in [2.05, 4.69) is 9.72 Å². The number of alkyl halides is 3. The van der Waals surface area contributed by atoms with E-state index in [-0.39, 0.29) is 66.4 Å². The van der Waals surface area contributed by atoms with E-state index >= 15 is 0 Å². The summed E-state index contributed by atoms with van der Waals surface area (Å²) in [4.78, 5) is 35.0. The van der Waals surface area contributed by atoms with Crippen molar-refractivity contribution in [2.24, 2.45) is 24.8 Å². The number of aromatic nitrogens is 2. The van der Waals surface area contributed by atoms with Gasteiger partial charge in [0.2, 0.25) is 5.91 Å². The molecule has 2 aliphatic rings. The van der Waals surface area contributed by atoms with Gasteiger partial charge in [-0.1, -0.05) is 12.1 Å². The Morgan fingerprint density at radius 3 is 2.49 bits per heavy atom. The topological polar surface area (TPSA) is 105 Å². The molecule has 14 heteroatoms. The maximum Gasteiger partial charge on any atom is 0.573 e. The zero-order chi connectivity index (χ0) is 28.5. The standard InChI is InChI=1S/C25H32F3N5O5S/c1-30-14-22(29-16-30)24(35)33(10-17-5-4-6-18(9-17)38-25(26,27)28)13-21-19-11-32(12-20(19)21)15-23(34)31(2)7-8-39(3,36)37/h4-6,9,14,16,19-21H,7-8,10-13,15H2,1-3H3. The molecule has 2 atom stereocenters. The third-order valence-corrected chi connectivity index (χ3v) is 8.10. The number of ether oxygens (including phenoxy) is 1. The lowest BCUT2D eigenvalue weighted by Gasteiger charge is -2.26. The highest BCUT2D eigenvalue weighted by Gasteiger charge is 2.56. The van der Waals surface area contributed by atoms with Crippen LogP contribution in [0.2, 0.25) is 0 Å². The van der Waals surface area contributed by atoms with Crippen molar-refractivity contribution in [2.75, 3.05) is 51.8 Å². The molecular weight excluding hydrogens is 539 g/mol. The second-order valence-corrected chi connectivity index (χ2v) is 12.7. The van der Waals surface area contributed by atoms with Gasteiger partial charge in [0.05, 0.1) is 18.6 Å². The molecule has 2 aromatic rings. The van der Waals surface area contributed by atoms with E-state index in [4.69, 9.17) is 0 Å². The number of aryl methyl sites for hydroxylation is 1. The van der Waals surface area contributed by atoms with Crippen molar-refractivity contribution in [3.8, 4) is 5.75 Å². The van der Waals surface area contributed by atoms with Crippen molar-refractivity contribution in [2.45, 2.75) is 12.9 Å². The van der Waals surface area contributed by atoms with Gasteiger partial charge in [0.25, 0.3) is 5.91 Å². The molecule has 2 unspecified atom stereocenters. The predicted molar refractivity (Wildman–Crippen MR) is 135 cm³/mol. The molecule has 1 aromatic carbocycles. The van der Waals surface area contributed by atoms with Gasteiger partial charge in [-0.25, -0.2) is 13.4 Å². The van der Waals surface area contributed by atoms with Crippen LogP contribution in [-0.2, 0) is 28.2 Å². The fourth-order valence-electron chi connectivity index (χ4n) is 5.10. The largest absolute Gasteiger partial charge is 0.573 e. The molecule has 1 aliphatic heterocycles. The second kappa shape index (κ2) is 11.2. The molecular formula is C25H32F3N5O5S. The van der Waals surface area contributed by atoms with Crippen molar-refractivity contribution in [3.63, 3.8) is 0 Å². The summed E-state index contributed by atoms with van der Waals surface area (Å²) in [6.45, 7) is 2.20. The molecule has 0 radical (unpaired) electrons. The minimum atomic E-state index is -4.82. The minimum absolute atomic E-state index is 0.0893. The Hall–Kier alpha value is -3.13. The number of piperidine rings is 1. The first-order chi connectivity index (χ1) is 18.2. The number of rotatable bonds is 11. The summed E-state index contributed by atoms with van der Waals surface area (Å²) < 4.78 is 66.5. The molecule has 2 fully saturated rings. The summed E-state index contributed by atoms with van der Waals surface area (Å²) >= 11 is 0. The molecule has 0 spiro atoms. The molecule has 10 nitrogen and oxygen atoms in total. The number of amides is 2. The molecule has 1 aromatic heterocycles. The third-order valence-electron chi connectivity index (χ3n) is 7.18. The highest BCUT2D eigenvalue weighted by molar-refractivity contribution is 7.90. The van der Waals surface area contributed by atoms with Gasteiger partial charge < -0.3 is 19.1 Å². The lowest BCUT2D eigenvalue weighted by Crippen LogP contribution is -2.41. The highest BCUT2D eigenvalue weighted by Crippen LogP contribution is 2.52. The molecule has 1 saturated carbocycles. The van der Waals surface area contributed by atoms with E-state index in [0.717, 1.165) is 6.26 Å².